The minimum absolute atomic E-state index is 0. The number of fused-ring (bicyclic) bond motifs is 1. The van der Waals surface area contributed by atoms with E-state index >= 15 is 0 Å². The van der Waals surface area contributed by atoms with Gasteiger partial charge in [0.2, 0.25) is 11.8 Å². The van der Waals surface area contributed by atoms with Gasteiger partial charge >= 0.3 is 0 Å². The number of benzene rings is 2. The minimum Gasteiger partial charge on any atom is -0.338 e. The van der Waals surface area contributed by atoms with Crippen molar-refractivity contribution in [1.82, 2.24) is 14.5 Å². The molecule has 0 atom stereocenters. The van der Waals surface area contributed by atoms with E-state index < -0.39 is 10.0 Å². The Morgan fingerprint density at radius 1 is 1.14 bits per heavy atom. The number of piperazine rings is 1. The van der Waals surface area contributed by atoms with E-state index in [1.165, 1.54) is 34.6 Å². The summed E-state index contributed by atoms with van der Waals surface area (Å²) in [6, 6.07) is 13.4. The van der Waals surface area contributed by atoms with Gasteiger partial charge in [-0.3, -0.25) is 14.3 Å². The van der Waals surface area contributed by atoms with Crippen LogP contribution in [-0.2, 0) is 26.2 Å². The van der Waals surface area contributed by atoms with E-state index in [1.54, 1.807) is 28.5 Å². The van der Waals surface area contributed by atoms with Gasteiger partial charge in [0, 0.05) is 53.9 Å². The lowest BCUT2D eigenvalue weighted by molar-refractivity contribution is -0.137. The summed E-state index contributed by atoms with van der Waals surface area (Å²) in [4.78, 5) is 32.8. The van der Waals surface area contributed by atoms with Crippen LogP contribution in [-0.4, -0.2) is 54.3 Å². The number of amides is 2. The Morgan fingerprint density at radius 2 is 1.94 bits per heavy atom. The van der Waals surface area contributed by atoms with E-state index in [4.69, 9.17) is 11.6 Å². The summed E-state index contributed by atoms with van der Waals surface area (Å²) in [5.41, 5.74) is 1.47. The molecule has 0 spiro atoms. The highest BCUT2D eigenvalue weighted by atomic mass is 35.5. The van der Waals surface area contributed by atoms with E-state index in [0.29, 0.717) is 23.8 Å². The zero-order valence-corrected chi connectivity index (χ0v) is 20.7. The molecule has 1 aliphatic heterocycles. The summed E-state index contributed by atoms with van der Waals surface area (Å²) in [6.45, 7) is 0.768. The summed E-state index contributed by atoms with van der Waals surface area (Å²) < 4.78 is 29.3. The Morgan fingerprint density at radius 3 is 2.66 bits per heavy atom. The molecule has 2 aromatic carbocycles. The lowest BCUT2D eigenvalue weighted by atomic mass is 10.2. The van der Waals surface area contributed by atoms with E-state index in [9.17, 15) is 18.0 Å². The highest BCUT2D eigenvalue weighted by Crippen LogP contribution is 2.24. The van der Waals surface area contributed by atoms with Gasteiger partial charge in [-0.2, -0.15) is 0 Å². The molecule has 2 amide bonds. The fourth-order valence-corrected chi connectivity index (χ4v) is 5.94. The molecule has 9 nitrogen and oxygen atoms in total. The smallest absolute Gasteiger partial charge is 0.263 e. The van der Waals surface area contributed by atoms with Crippen molar-refractivity contribution in [1.29, 1.82) is 0 Å². The Bertz CT molecular complexity index is 1510. The first-order valence-electron chi connectivity index (χ1n) is 10.6. The molecule has 0 bridgehead atoms. The molecule has 0 radical (unpaired) electrons. The zero-order chi connectivity index (χ0) is 24.6. The molecule has 0 aliphatic carbocycles. The molecule has 12 heteroatoms. The van der Waals surface area contributed by atoms with Crippen LogP contribution < -0.4 is 9.62 Å². The van der Waals surface area contributed by atoms with Gasteiger partial charge in [0.1, 0.15) is 13.1 Å². The van der Waals surface area contributed by atoms with Crippen molar-refractivity contribution in [3.05, 3.63) is 71.3 Å². The maximum atomic E-state index is 12.9. The second kappa shape index (κ2) is 9.33. The van der Waals surface area contributed by atoms with Gasteiger partial charge in [0.25, 0.3) is 10.0 Å². The molecule has 0 unspecified atom stereocenters. The topological polar surface area (TPSA) is 105 Å². The number of anilines is 2. The molecule has 1 N–H and O–H groups in total. The predicted octanol–water partition coefficient (Wildman–Crippen LogP) is 3.67. The maximum absolute atomic E-state index is 12.9. The third-order valence-electron chi connectivity index (χ3n) is 5.72. The maximum Gasteiger partial charge on any atom is 0.263 e. The molecule has 1 fully saturated rings. The van der Waals surface area contributed by atoms with Crippen molar-refractivity contribution in [2.45, 2.75) is 11.4 Å². The SMILES string of the molecule is O=C(Cn1ccc2cc(Cl)ccc21)N1CCN(c2ccc(S(=O)(=O)Nc3nccs3)cc2)C(=O)C1.[HH]. The van der Waals surface area contributed by atoms with Crippen LogP contribution in [0.2, 0.25) is 5.02 Å². The molecular formula is C23H22ClN5O4S2. The van der Waals surface area contributed by atoms with Gasteiger partial charge in [0.05, 0.1) is 4.90 Å². The number of carbonyl (C=O) groups is 2. The predicted molar refractivity (Wildman–Crippen MR) is 137 cm³/mol. The molecular weight excluding hydrogens is 510 g/mol. The van der Waals surface area contributed by atoms with Crippen LogP contribution in [0.25, 0.3) is 10.9 Å². The Balaban J connectivity index is 0.00000304. The number of aromatic nitrogens is 2. The minimum atomic E-state index is -3.78. The van der Waals surface area contributed by atoms with Crippen molar-refractivity contribution >= 4 is 66.5 Å². The molecule has 0 saturated carbocycles. The molecule has 1 saturated heterocycles. The van der Waals surface area contributed by atoms with Crippen molar-refractivity contribution in [2.24, 2.45) is 0 Å². The van der Waals surface area contributed by atoms with Crippen LogP contribution in [0.15, 0.2) is 71.2 Å². The number of nitrogens with zero attached hydrogens (tertiary/aromatic N) is 4. The molecule has 35 heavy (non-hydrogen) atoms. The van der Waals surface area contributed by atoms with Gasteiger partial charge in [-0.1, -0.05) is 11.6 Å². The van der Waals surface area contributed by atoms with Gasteiger partial charge in [-0.05, 0) is 48.5 Å². The van der Waals surface area contributed by atoms with Crippen LogP contribution in [0.3, 0.4) is 0 Å². The quantitative estimate of drug-likeness (QED) is 0.409. The van der Waals surface area contributed by atoms with E-state index in [-0.39, 0.29) is 36.4 Å². The summed E-state index contributed by atoms with van der Waals surface area (Å²) in [5, 5.41) is 3.53. The standard InChI is InChI=1S/C23H20ClN5O4S2.H2/c24-17-1-6-20-16(13-17)7-9-27(20)14-21(30)28-10-11-29(22(31)15-28)18-2-4-19(5-3-18)35(32,33)26-23-25-8-12-34-23;/h1-9,12-13H,10-11,14-15H2,(H,25,26);1H. The molecule has 182 valence electrons. The van der Waals surface area contributed by atoms with Gasteiger partial charge in [0.15, 0.2) is 5.13 Å². The van der Waals surface area contributed by atoms with E-state index in [2.05, 4.69) is 9.71 Å². The number of sulfonamides is 1. The first-order chi connectivity index (χ1) is 16.8. The lowest BCUT2D eigenvalue weighted by Crippen LogP contribution is -2.53. The Hall–Kier alpha value is -3.41. The molecule has 1 aliphatic rings. The molecule has 5 rings (SSSR count). The molecule has 2 aromatic heterocycles. The summed E-state index contributed by atoms with van der Waals surface area (Å²) in [7, 11) is -3.78. The monoisotopic (exact) mass is 531 g/mol. The van der Waals surface area contributed by atoms with Crippen molar-refractivity contribution in [3.8, 4) is 0 Å². The number of carbonyl (C=O) groups excluding carboxylic acids is 2. The zero-order valence-electron chi connectivity index (χ0n) is 18.3. The molecule has 3 heterocycles. The van der Waals surface area contributed by atoms with Crippen LogP contribution in [0.5, 0.6) is 0 Å². The highest BCUT2D eigenvalue weighted by Gasteiger charge is 2.28. The van der Waals surface area contributed by atoms with E-state index in [0.717, 1.165) is 10.9 Å². The largest absolute Gasteiger partial charge is 0.338 e. The Kier molecular flexibility index (Phi) is 6.22. The average molecular weight is 532 g/mol. The van der Waals surface area contributed by atoms with Crippen LogP contribution in [0.1, 0.15) is 1.43 Å². The van der Waals surface area contributed by atoms with Gasteiger partial charge < -0.3 is 14.4 Å². The number of hydrogen-bond donors (Lipinski definition) is 1. The van der Waals surface area contributed by atoms with E-state index in [1.807, 2.05) is 29.0 Å². The third kappa shape index (κ3) is 4.88. The number of thiazole rings is 1. The summed E-state index contributed by atoms with van der Waals surface area (Å²) in [6.07, 6.45) is 3.34. The fourth-order valence-electron chi connectivity index (χ4n) is 3.97. The second-order valence-electron chi connectivity index (χ2n) is 7.94. The van der Waals surface area contributed by atoms with Crippen LogP contribution in [0.4, 0.5) is 10.8 Å². The highest BCUT2D eigenvalue weighted by molar-refractivity contribution is 7.93. The first kappa shape index (κ1) is 23.3. The summed E-state index contributed by atoms with van der Waals surface area (Å²) >= 11 is 7.22. The third-order valence-corrected chi connectivity index (χ3v) is 8.13. The van der Waals surface area contributed by atoms with Crippen molar-refractivity contribution < 1.29 is 19.4 Å². The normalized spacial score (nSPS) is 14.5. The van der Waals surface area contributed by atoms with Crippen LogP contribution in [0, 0.1) is 0 Å². The van der Waals surface area contributed by atoms with Crippen molar-refractivity contribution in [3.63, 3.8) is 0 Å². The number of hydrogen-bond acceptors (Lipinski definition) is 6. The number of nitrogens with one attached hydrogen (secondary N) is 1. The van der Waals surface area contributed by atoms with Crippen molar-refractivity contribution in [2.75, 3.05) is 29.3 Å². The van der Waals surface area contributed by atoms with Gasteiger partial charge in [-0.15, -0.1) is 11.3 Å². The summed E-state index contributed by atoms with van der Waals surface area (Å²) in [5.74, 6) is -0.384. The first-order valence-corrected chi connectivity index (χ1v) is 13.4. The lowest BCUT2D eigenvalue weighted by Gasteiger charge is -2.34. The van der Waals surface area contributed by atoms with Crippen LogP contribution >= 0.6 is 22.9 Å². The van der Waals surface area contributed by atoms with Gasteiger partial charge in [-0.25, -0.2) is 13.4 Å². The number of rotatable bonds is 6. The molecule has 4 aromatic rings. The average Bonchev–Trinajstić information content (AvgIpc) is 3.48. The Labute approximate surface area is 212 Å². The second-order valence-corrected chi connectivity index (χ2v) is 11.0. The fraction of sp³-hybridized carbons (Fsp3) is 0.174. The number of halogens is 1.